The Labute approximate surface area is 94.8 Å². The summed E-state index contributed by atoms with van der Waals surface area (Å²) in [4.78, 5) is 4.75. The molecule has 0 saturated carbocycles. The first kappa shape index (κ1) is 12.9. The second kappa shape index (κ2) is 7.20. The molecular formula is C12H27N3. The number of hydrogen-bond acceptors (Lipinski definition) is 3. The summed E-state index contributed by atoms with van der Waals surface area (Å²) in [5, 5.41) is 3.57. The van der Waals surface area contributed by atoms with E-state index in [2.05, 4.69) is 36.3 Å². The predicted molar refractivity (Wildman–Crippen MR) is 66.3 cm³/mol. The molecule has 1 unspecified atom stereocenters. The van der Waals surface area contributed by atoms with Crippen LogP contribution in [-0.2, 0) is 0 Å². The predicted octanol–water partition coefficient (Wildman–Crippen LogP) is 1.01. The van der Waals surface area contributed by atoms with Crippen molar-refractivity contribution in [1.82, 2.24) is 15.1 Å². The van der Waals surface area contributed by atoms with E-state index in [-0.39, 0.29) is 0 Å². The topological polar surface area (TPSA) is 18.5 Å². The Morgan fingerprint density at radius 1 is 1.33 bits per heavy atom. The van der Waals surface area contributed by atoms with Gasteiger partial charge in [0, 0.05) is 12.6 Å². The molecule has 0 bridgehead atoms. The lowest BCUT2D eigenvalue weighted by molar-refractivity contribution is 0.181. The van der Waals surface area contributed by atoms with Crippen molar-refractivity contribution in [1.29, 1.82) is 0 Å². The second-order valence-corrected chi connectivity index (χ2v) is 4.99. The molecule has 3 nitrogen and oxygen atoms in total. The highest BCUT2D eigenvalue weighted by Gasteiger charge is 2.17. The van der Waals surface area contributed by atoms with E-state index in [1.165, 1.54) is 45.3 Å². The van der Waals surface area contributed by atoms with Gasteiger partial charge in [-0.3, -0.25) is 0 Å². The zero-order valence-electron chi connectivity index (χ0n) is 10.6. The summed E-state index contributed by atoms with van der Waals surface area (Å²) in [6.45, 7) is 4.80. The van der Waals surface area contributed by atoms with Crippen molar-refractivity contribution in [3.8, 4) is 0 Å². The summed E-state index contributed by atoms with van der Waals surface area (Å²) in [6, 6.07) is 0.776. The fourth-order valence-electron chi connectivity index (χ4n) is 2.19. The molecule has 0 spiro atoms. The number of likely N-dealkylation sites (N-methyl/N-ethyl adjacent to an activating group) is 1. The third-order valence-electron chi connectivity index (χ3n) is 3.26. The highest BCUT2D eigenvalue weighted by atomic mass is 15.2. The fourth-order valence-corrected chi connectivity index (χ4v) is 2.19. The van der Waals surface area contributed by atoms with Gasteiger partial charge in [-0.05, 0) is 60.0 Å². The molecule has 1 rings (SSSR count). The van der Waals surface area contributed by atoms with E-state index in [4.69, 9.17) is 0 Å². The van der Waals surface area contributed by atoms with Crippen molar-refractivity contribution in [3.63, 3.8) is 0 Å². The molecule has 15 heavy (non-hydrogen) atoms. The average Bonchev–Trinajstić information content (AvgIpc) is 2.20. The van der Waals surface area contributed by atoms with Crippen LogP contribution < -0.4 is 5.32 Å². The Balaban J connectivity index is 1.99. The molecule has 1 fully saturated rings. The molecule has 0 amide bonds. The Bertz CT molecular complexity index is 159. The number of nitrogens with zero attached hydrogens (tertiary/aromatic N) is 2. The maximum Gasteiger partial charge on any atom is 0.0217 e. The van der Waals surface area contributed by atoms with E-state index in [9.17, 15) is 0 Å². The first-order chi connectivity index (χ1) is 7.20. The lowest BCUT2D eigenvalue weighted by Crippen LogP contribution is -2.43. The second-order valence-electron chi connectivity index (χ2n) is 4.99. The minimum absolute atomic E-state index is 0.776. The van der Waals surface area contributed by atoms with Crippen molar-refractivity contribution < 1.29 is 0 Å². The van der Waals surface area contributed by atoms with Crippen LogP contribution in [0.2, 0.25) is 0 Å². The van der Waals surface area contributed by atoms with Crippen LogP contribution in [0.3, 0.4) is 0 Å². The first-order valence-electron chi connectivity index (χ1n) is 6.26. The molecule has 1 saturated heterocycles. The smallest absolute Gasteiger partial charge is 0.0217 e. The normalized spacial score (nSPS) is 23.6. The van der Waals surface area contributed by atoms with E-state index in [0.717, 1.165) is 12.6 Å². The molecule has 3 heteroatoms. The van der Waals surface area contributed by atoms with Crippen LogP contribution in [-0.4, -0.2) is 63.2 Å². The van der Waals surface area contributed by atoms with Gasteiger partial charge in [0.1, 0.15) is 0 Å². The standard InChI is InChI=1S/C12H27N3/c1-14(2)9-6-8-13-11-12-7-4-5-10-15(12)3/h12-13H,4-11H2,1-3H3. The average molecular weight is 213 g/mol. The maximum atomic E-state index is 3.57. The summed E-state index contributed by atoms with van der Waals surface area (Å²) in [5.41, 5.74) is 0. The van der Waals surface area contributed by atoms with Crippen molar-refractivity contribution in [3.05, 3.63) is 0 Å². The van der Waals surface area contributed by atoms with Crippen LogP contribution in [0, 0.1) is 0 Å². The van der Waals surface area contributed by atoms with Gasteiger partial charge in [0.15, 0.2) is 0 Å². The van der Waals surface area contributed by atoms with Gasteiger partial charge in [0.05, 0.1) is 0 Å². The van der Waals surface area contributed by atoms with Crippen molar-refractivity contribution >= 4 is 0 Å². The lowest BCUT2D eigenvalue weighted by atomic mass is 10.0. The van der Waals surface area contributed by atoms with Gasteiger partial charge in [-0.2, -0.15) is 0 Å². The Kier molecular flexibility index (Phi) is 6.22. The minimum Gasteiger partial charge on any atom is -0.315 e. The number of likely N-dealkylation sites (tertiary alicyclic amines) is 1. The summed E-state index contributed by atoms with van der Waals surface area (Å²) >= 11 is 0. The van der Waals surface area contributed by atoms with Crippen molar-refractivity contribution in [2.45, 2.75) is 31.7 Å². The SMILES string of the molecule is CN(C)CCCNCC1CCCCN1C. The molecule has 0 aromatic rings. The highest BCUT2D eigenvalue weighted by molar-refractivity contribution is 4.75. The third kappa shape index (κ3) is 5.50. The van der Waals surface area contributed by atoms with E-state index < -0.39 is 0 Å². The van der Waals surface area contributed by atoms with Gasteiger partial charge in [0.2, 0.25) is 0 Å². The van der Waals surface area contributed by atoms with Crippen molar-refractivity contribution in [2.24, 2.45) is 0 Å². The molecular weight excluding hydrogens is 186 g/mol. The molecule has 0 aromatic heterocycles. The minimum atomic E-state index is 0.776. The zero-order chi connectivity index (χ0) is 11.1. The summed E-state index contributed by atoms with van der Waals surface area (Å²) in [7, 11) is 6.52. The fraction of sp³-hybridized carbons (Fsp3) is 1.00. The van der Waals surface area contributed by atoms with Gasteiger partial charge < -0.3 is 15.1 Å². The number of nitrogens with one attached hydrogen (secondary N) is 1. The molecule has 1 N–H and O–H groups in total. The van der Waals surface area contributed by atoms with E-state index in [1.807, 2.05) is 0 Å². The molecule has 1 aliphatic heterocycles. The molecule has 0 radical (unpaired) electrons. The lowest BCUT2D eigenvalue weighted by Gasteiger charge is -2.32. The third-order valence-corrected chi connectivity index (χ3v) is 3.26. The Morgan fingerprint density at radius 3 is 2.80 bits per heavy atom. The van der Waals surface area contributed by atoms with Crippen LogP contribution in [0.5, 0.6) is 0 Å². The summed E-state index contributed by atoms with van der Waals surface area (Å²) < 4.78 is 0. The van der Waals surface area contributed by atoms with Crippen LogP contribution in [0.15, 0.2) is 0 Å². The molecule has 1 heterocycles. The van der Waals surface area contributed by atoms with Crippen LogP contribution in [0.25, 0.3) is 0 Å². The van der Waals surface area contributed by atoms with Gasteiger partial charge >= 0.3 is 0 Å². The number of hydrogen-bond donors (Lipinski definition) is 1. The van der Waals surface area contributed by atoms with E-state index in [1.54, 1.807) is 0 Å². The summed E-state index contributed by atoms with van der Waals surface area (Å²) in [5.74, 6) is 0. The van der Waals surface area contributed by atoms with Crippen LogP contribution >= 0.6 is 0 Å². The zero-order valence-corrected chi connectivity index (χ0v) is 10.6. The Hall–Kier alpha value is -0.120. The largest absolute Gasteiger partial charge is 0.315 e. The van der Waals surface area contributed by atoms with Gasteiger partial charge in [-0.1, -0.05) is 6.42 Å². The molecule has 90 valence electrons. The maximum absolute atomic E-state index is 3.57. The molecule has 1 aliphatic rings. The molecule has 1 atom stereocenters. The van der Waals surface area contributed by atoms with Crippen LogP contribution in [0.4, 0.5) is 0 Å². The van der Waals surface area contributed by atoms with E-state index >= 15 is 0 Å². The van der Waals surface area contributed by atoms with Gasteiger partial charge in [-0.25, -0.2) is 0 Å². The van der Waals surface area contributed by atoms with Gasteiger partial charge in [-0.15, -0.1) is 0 Å². The first-order valence-corrected chi connectivity index (χ1v) is 6.26. The Morgan fingerprint density at radius 2 is 2.13 bits per heavy atom. The monoisotopic (exact) mass is 213 g/mol. The summed E-state index contributed by atoms with van der Waals surface area (Å²) in [6.07, 6.45) is 5.42. The molecule has 0 aliphatic carbocycles. The van der Waals surface area contributed by atoms with Crippen LogP contribution in [0.1, 0.15) is 25.7 Å². The quantitative estimate of drug-likeness (QED) is 0.664. The van der Waals surface area contributed by atoms with Gasteiger partial charge in [0.25, 0.3) is 0 Å². The number of piperidine rings is 1. The highest BCUT2D eigenvalue weighted by Crippen LogP contribution is 2.13. The van der Waals surface area contributed by atoms with Crippen molar-refractivity contribution in [2.75, 3.05) is 47.3 Å². The number of rotatable bonds is 6. The van der Waals surface area contributed by atoms with E-state index in [0.29, 0.717) is 0 Å². The molecule has 0 aromatic carbocycles.